The summed E-state index contributed by atoms with van der Waals surface area (Å²) >= 11 is 0. The van der Waals surface area contributed by atoms with Crippen LogP contribution in [0.1, 0.15) is 46.8 Å². The molecule has 0 amide bonds. The van der Waals surface area contributed by atoms with Crippen molar-refractivity contribution < 1.29 is 19.5 Å². The van der Waals surface area contributed by atoms with E-state index in [1.807, 2.05) is 42.6 Å². The van der Waals surface area contributed by atoms with E-state index in [0.717, 1.165) is 16.8 Å². The molecule has 4 aromatic heterocycles. The van der Waals surface area contributed by atoms with Crippen LogP contribution in [0.5, 0.6) is 0 Å². The van der Waals surface area contributed by atoms with E-state index >= 15 is 0 Å². The number of H-pyrrole nitrogens is 1. The van der Waals surface area contributed by atoms with E-state index in [4.69, 9.17) is 19.2 Å². The van der Waals surface area contributed by atoms with Crippen molar-refractivity contribution in [2.45, 2.75) is 43.8 Å². The zero-order chi connectivity index (χ0) is 30.8. The molecule has 14 heteroatoms. The molecule has 1 aliphatic heterocycles. The third-order valence-electron chi connectivity index (χ3n) is 7.82. The average Bonchev–Trinajstić information content (AvgIpc) is 3.88. The molecule has 0 aliphatic carbocycles. The Kier molecular flexibility index (Phi) is 7.90. The minimum atomic E-state index is -1.32. The molecule has 0 unspecified atom stereocenters. The fourth-order valence-electron chi connectivity index (χ4n) is 5.55. The van der Waals surface area contributed by atoms with Gasteiger partial charge in [-0.15, -0.1) is 0 Å². The summed E-state index contributed by atoms with van der Waals surface area (Å²) in [5.74, 6) is 1.37. The van der Waals surface area contributed by atoms with E-state index in [2.05, 4.69) is 60.0 Å². The summed E-state index contributed by atoms with van der Waals surface area (Å²) in [7, 11) is 0. The van der Waals surface area contributed by atoms with Crippen LogP contribution in [-0.4, -0.2) is 75.1 Å². The normalized spacial score (nSPS) is 19.8. The van der Waals surface area contributed by atoms with E-state index in [0.29, 0.717) is 48.3 Å². The number of imidazole rings is 2. The molecule has 0 radical (unpaired) electrons. The van der Waals surface area contributed by atoms with Crippen molar-refractivity contribution in [1.82, 2.24) is 39.6 Å². The lowest BCUT2D eigenvalue weighted by Gasteiger charge is -2.20. The molecule has 45 heavy (non-hydrogen) atoms. The first-order valence-corrected chi connectivity index (χ1v) is 14.7. The van der Waals surface area contributed by atoms with Crippen LogP contribution in [0.25, 0.3) is 11.2 Å². The SMILES string of the molecule is Cc1noc([C@H]2O[C@@H](n3cnc4c(NCC(c5ccccc5)c5ccccc5)nc(NCCc5c[nH]cn5)nc43)[C@H](O)[C@@H]2O)n1. The maximum Gasteiger partial charge on any atom is 0.258 e. The molecular weight excluding hydrogens is 576 g/mol. The van der Waals surface area contributed by atoms with Gasteiger partial charge in [-0.25, -0.2) is 9.97 Å². The minimum Gasteiger partial charge on any atom is -0.387 e. The molecule has 14 nitrogen and oxygen atoms in total. The highest BCUT2D eigenvalue weighted by Gasteiger charge is 2.47. The Bertz CT molecular complexity index is 1810. The third-order valence-corrected chi connectivity index (χ3v) is 7.82. The first-order valence-electron chi connectivity index (χ1n) is 14.7. The molecular formula is C31H32N10O4. The molecule has 6 aromatic rings. The van der Waals surface area contributed by atoms with Gasteiger partial charge in [-0.2, -0.15) is 15.0 Å². The van der Waals surface area contributed by atoms with Gasteiger partial charge in [0.15, 0.2) is 35.1 Å². The average molecular weight is 609 g/mol. The number of anilines is 2. The van der Waals surface area contributed by atoms with Crippen LogP contribution in [-0.2, 0) is 11.2 Å². The van der Waals surface area contributed by atoms with Crippen molar-refractivity contribution in [1.29, 1.82) is 0 Å². The van der Waals surface area contributed by atoms with Gasteiger partial charge < -0.3 is 35.1 Å². The minimum absolute atomic E-state index is 0.0318. The standard InChI is InChI=1S/C31H32N10O4/c1-18-37-29(45-40-18)26-24(42)25(43)30(44-26)41-17-36-23-27(38-31(39-28(23)41)33-13-12-21-14-32-16-35-21)34-15-22(19-8-4-2-5-9-19)20-10-6-3-7-11-20/h2-11,14,16-17,22,24-26,30,42-43H,12-13,15H2,1H3,(H,32,35)(H2,33,34,38,39)/t24-,25+,26-,30+/m0/s1. The quantitative estimate of drug-likeness (QED) is 0.145. The van der Waals surface area contributed by atoms with Gasteiger partial charge in [0.1, 0.15) is 12.2 Å². The molecule has 1 saturated heterocycles. The van der Waals surface area contributed by atoms with Gasteiger partial charge in [0, 0.05) is 31.6 Å². The van der Waals surface area contributed by atoms with E-state index in [1.54, 1.807) is 17.8 Å². The van der Waals surface area contributed by atoms with Crippen molar-refractivity contribution in [3.63, 3.8) is 0 Å². The van der Waals surface area contributed by atoms with Crippen LogP contribution in [0.15, 0.2) is 84.0 Å². The van der Waals surface area contributed by atoms with Gasteiger partial charge >= 0.3 is 0 Å². The number of fused-ring (bicyclic) bond motifs is 1. The van der Waals surface area contributed by atoms with Gasteiger partial charge in [-0.3, -0.25) is 4.57 Å². The number of rotatable bonds is 11. The van der Waals surface area contributed by atoms with Gasteiger partial charge in [0.2, 0.25) is 5.95 Å². The number of ether oxygens (including phenoxy) is 1. The molecule has 0 bridgehead atoms. The summed E-state index contributed by atoms with van der Waals surface area (Å²) in [5.41, 5.74) is 4.10. The second kappa shape index (κ2) is 12.4. The Hall–Kier alpha value is -5.18. The van der Waals surface area contributed by atoms with Crippen LogP contribution in [0, 0.1) is 6.92 Å². The number of nitrogens with one attached hydrogen (secondary N) is 3. The van der Waals surface area contributed by atoms with E-state index < -0.39 is 24.5 Å². The number of hydrogen-bond donors (Lipinski definition) is 5. The largest absolute Gasteiger partial charge is 0.387 e. The van der Waals surface area contributed by atoms with E-state index in [9.17, 15) is 10.2 Å². The second-order valence-corrected chi connectivity index (χ2v) is 10.8. The first-order chi connectivity index (χ1) is 22.0. The van der Waals surface area contributed by atoms with Gasteiger partial charge in [-0.05, 0) is 18.1 Å². The number of nitrogens with zero attached hydrogens (tertiary/aromatic N) is 7. The molecule has 1 fully saturated rings. The number of aliphatic hydroxyl groups is 2. The molecule has 0 spiro atoms. The Morgan fingerprint density at radius 1 is 0.933 bits per heavy atom. The number of aliphatic hydroxyl groups excluding tert-OH is 2. The number of hydrogen-bond acceptors (Lipinski definition) is 12. The van der Waals surface area contributed by atoms with Crippen molar-refractivity contribution in [3.8, 4) is 0 Å². The third kappa shape index (κ3) is 5.85. The molecule has 1 aliphatic rings. The van der Waals surface area contributed by atoms with Gasteiger partial charge in [-0.1, -0.05) is 65.8 Å². The molecule has 2 aromatic carbocycles. The van der Waals surface area contributed by atoms with Crippen LogP contribution in [0.2, 0.25) is 0 Å². The van der Waals surface area contributed by atoms with Gasteiger partial charge in [0.25, 0.3) is 5.89 Å². The summed E-state index contributed by atoms with van der Waals surface area (Å²) < 4.78 is 12.9. The van der Waals surface area contributed by atoms with Crippen LogP contribution >= 0.6 is 0 Å². The van der Waals surface area contributed by atoms with E-state index in [-0.39, 0.29) is 11.8 Å². The monoisotopic (exact) mass is 608 g/mol. The molecule has 0 saturated carbocycles. The van der Waals surface area contributed by atoms with Gasteiger partial charge in [0.05, 0.1) is 18.3 Å². The predicted octanol–water partition coefficient (Wildman–Crippen LogP) is 3.13. The highest BCUT2D eigenvalue weighted by Crippen LogP contribution is 2.39. The Balaban J connectivity index is 1.22. The lowest BCUT2D eigenvalue weighted by molar-refractivity contribution is -0.0451. The summed E-state index contributed by atoms with van der Waals surface area (Å²) in [6.07, 6.45) is 0.976. The van der Waals surface area contributed by atoms with Crippen LogP contribution in [0.3, 0.4) is 0 Å². The summed E-state index contributed by atoms with van der Waals surface area (Å²) in [6.45, 7) is 2.72. The highest BCUT2D eigenvalue weighted by molar-refractivity contribution is 5.84. The van der Waals surface area contributed by atoms with Crippen molar-refractivity contribution >= 4 is 22.9 Å². The number of aryl methyl sites for hydroxylation is 1. The number of aromatic nitrogens is 8. The number of aromatic amines is 1. The van der Waals surface area contributed by atoms with Crippen molar-refractivity contribution in [2.75, 3.05) is 23.7 Å². The molecule has 4 atom stereocenters. The zero-order valence-corrected chi connectivity index (χ0v) is 24.4. The lowest BCUT2D eigenvalue weighted by Crippen LogP contribution is -2.29. The van der Waals surface area contributed by atoms with E-state index in [1.165, 1.54) is 6.33 Å². The Morgan fingerprint density at radius 3 is 2.36 bits per heavy atom. The summed E-state index contributed by atoms with van der Waals surface area (Å²) in [6, 6.07) is 20.6. The maximum absolute atomic E-state index is 11.0. The molecule has 5 N–H and O–H groups in total. The summed E-state index contributed by atoms with van der Waals surface area (Å²) in [4.78, 5) is 25.6. The molecule has 5 heterocycles. The maximum atomic E-state index is 11.0. The fourth-order valence-corrected chi connectivity index (χ4v) is 5.55. The van der Waals surface area contributed by atoms with Crippen molar-refractivity contribution in [3.05, 3.63) is 108 Å². The van der Waals surface area contributed by atoms with Crippen LogP contribution in [0.4, 0.5) is 11.8 Å². The second-order valence-electron chi connectivity index (χ2n) is 10.8. The smallest absolute Gasteiger partial charge is 0.258 e. The van der Waals surface area contributed by atoms with Crippen LogP contribution < -0.4 is 10.6 Å². The first kappa shape index (κ1) is 28.6. The fraction of sp³-hybridized carbons (Fsp3) is 0.290. The molecule has 230 valence electrons. The van der Waals surface area contributed by atoms with Crippen molar-refractivity contribution in [2.24, 2.45) is 0 Å². The zero-order valence-electron chi connectivity index (χ0n) is 24.4. The Morgan fingerprint density at radius 2 is 1.69 bits per heavy atom. The molecule has 7 rings (SSSR count). The topological polar surface area (TPSA) is 185 Å². The number of benzene rings is 2. The lowest BCUT2D eigenvalue weighted by atomic mass is 9.91. The predicted molar refractivity (Wildman–Crippen MR) is 163 cm³/mol. The summed E-state index contributed by atoms with van der Waals surface area (Å²) in [5, 5.41) is 32.5. The Labute approximate surface area is 257 Å². The highest BCUT2D eigenvalue weighted by atomic mass is 16.6.